The summed E-state index contributed by atoms with van der Waals surface area (Å²) in [5, 5.41) is 3.54. The molecule has 0 spiro atoms. The van der Waals surface area contributed by atoms with Crippen LogP contribution >= 0.6 is 0 Å². The van der Waals surface area contributed by atoms with Crippen LogP contribution in [0.5, 0.6) is 0 Å². The second-order valence-electron chi connectivity index (χ2n) is 4.77. The van der Waals surface area contributed by atoms with Crippen molar-refractivity contribution < 1.29 is 0 Å². The van der Waals surface area contributed by atoms with E-state index in [0.717, 1.165) is 6.54 Å². The number of hydrogen-bond acceptors (Lipinski definition) is 1. The second kappa shape index (κ2) is 4.80. The van der Waals surface area contributed by atoms with Gasteiger partial charge in [0.05, 0.1) is 0 Å². The summed E-state index contributed by atoms with van der Waals surface area (Å²) in [5.41, 5.74) is 4.66. The molecule has 1 N–H and O–H groups in total. The third-order valence-electron chi connectivity index (χ3n) is 3.28. The van der Waals surface area contributed by atoms with Gasteiger partial charge in [-0.15, -0.1) is 0 Å². The average molecular weight is 203 g/mol. The Balaban J connectivity index is 2.37. The summed E-state index contributed by atoms with van der Waals surface area (Å²) < 4.78 is 0. The lowest BCUT2D eigenvalue weighted by atomic mass is 9.90. The van der Waals surface area contributed by atoms with E-state index in [-0.39, 0.29) is 0 Å². The van der Waals surface area contributed by atoms with Crippen molar-refractivity contribution in [3.05, 3.63) is 34.9 Å². The molecule has 1 aliphatic heterocycles. The summed E-state index contributed by atoms with van der Waals surface area (Å²) in [5.74, 6) is 0.640. The van der Waals surface area contributed by atoms with Gasteiger partial charge in [-0.25, -0.2) is 0 Å². The summed E-state index contributed by atoms with van der Waals surface area (Å²) in [7, 11) is 0. The van der Waals surface area contributed by atoms with Crippen molar-refractivity contribution in [2.45, 2.75) is 45.6 Å². The van der Waals surface area contributed by atoms with Crippen molar-refractivity contribution in [2.24, 2.45) is 0 Å². The first kappa shape index (κ1) is 10.7. The Morgan fingerprint density at radius 1 is 1.20 bits per heavy atom. The highest BCUT2D eigenvalue weighted by atomic mass is 14.8. The van der Waals surface area contributed by atoms with Crippen molar-refractivity contribution in [1.29, 1.82) is 0 Å². The van der Waals surface area contributed by atoms with Crippen LogP contribution in [0.15, 0.2) is 18.2 Å². The molecule has 1 heterocycles. The molecule has 0 fully saturated rings. The minimum absolute atomic E-state index is 0.640. The van der Waals surface area contributed by atoms with Gasteiger partial charge in [-0.2, -0.15) is 0 Å². The van der Waals surface area contributed by atoms with Crippen molar-refractivity contribution in [2.75, 3.05) is 6.54 Å². The number of aryl methyl sites for hydroxylation is 1. The van der Waals surface area contributed by atoms with E-state index in [9.17, 15) is 0 Å². The molecule has 0 atom stereocenters. The number of fused-ring (bicyclic) bond motifs is 1. The molecule has 0 aromatic heterocycles. The van der Waals surface area contributed by atoms with Crippen molar-refractivity contribution >= 4 is 0 Å². The zero-order valence-corrected chi connectivity index (χ0v) is 9.84. The van der Waals surface area contributed by atoms with Crippen LogP contribution in [-0.4, -0.2) is 6.54 Å². The molecular weight excluding hydrogens is 182 g/mol. The largest absolute Gasteiger partial charge is 0.313 e. The first-order valence-corrected chi connectivity index (χ1v) is 6.10. The maximum absolute atomic E-state index is 3.54. The van der Waals surface area contributed by atoms with Crippen LogP contribution in [0.4, 0.5) is 0 Å². The van der Waals surface area contributed by atoms with Crippen LogP contribution in [-0.2, 0) is 13.0 Å². The van der Waals surface area contributed by atoms with Crippen LogP contribution in [0.1, 0.15) is 49.3 Å². The van der Waals surface area contributed by atoms with Crippen LogP contribution in [0.25, 0.3) is 0 Å². The molecule has 1 heteroatoms. The van der Waals surface area contributed by atoms with Gasteiger partial charge in [0, 0.05) is 6.54 Å². The molecule has 82 valence electrons. The molecule has 0 radical (unpaired) electrons. The van der Waals surface area contributed by atoms with E-state index < -0.39 is 0 Å². The van der Waals surface area contributed by atoms with E-state index in [0.29, 0.717) is 5.92 Å². The van der Waals surface area contributed by atoms with Gasteiger partial charge in [-0.1, -0.05) is 32.0 Å². The highest BCUT2D eigenvalue weighted by Gasteiger charge is 2.12. The van der Waals surface area contributed by atoms with Crippen LogP contribution in [0.3, 0.4) is 0 Å². The van der Waals surface area contributed by atoms with Crippen LogP contribution in [0.2, 0.25) is 0 Å². The van der Waals surface area contributed by atoms with Gasteiger partial charge in [0.1, 0.15) is 0 Å². The smallest absolute Gasteiger partial charge is 0.0211 e. The third kappa shape index (κ3) is 2.40. The maximum atomic E-state index is 3.54. The Hall–Kier alpha value is -0.820. The predicted molar refractivity (Wildman–Crippen MR) is 65.2 cm³/mol. The lowest BCUT2D eigenvalue weighted by Gasteiger charge is -2.20. The Kier molecular flexibility index (Phi) is 3.42. The van der Waals surface area contributed by atoms with Gasteiger partial charge < -0.3 is 5.32 Å². The fourth-order valence-electron chi connectivity index (χ4n) is 2.42. The minimum atomic E-state index is 0.640. The van der Waals surface area contributed by atoms with Gasteiger partial charge in [-0.05, 0) is 48.4 Å². The van der Waals surface area contributed by atoms with E-state index in [1.165, 1.54) is 31.4 Å². The Morgan fingerprint density at radius 2 is 2.07 bits per heavy atom. The third-order valence-corrected chi connectivity index (χ3v) is 3.28. The number of nitrogens with one attached hydrogen (secondary N) is 1. The lowest BCUT2D eigenvalue weighted by Crippen LogP contribution is -2.20. The molecule has 1 aromatic rings. The van der Waals surface area contributed by atoms with E-state index in [4.69, 9.17) is 0 Å². The molecule has 0 aliphatic carbocycles. The fourth-order valence-corrected chi connectivity index (χ4v) is 2.42. The molecule has 1 aliphatic rings. The molecule has 15 heavy (non-hydrogen) atoms. The molecular formula is C14H21N. The Morgan fingerprint density at radius 3 is 2.87 bits per heavy atom. The Labute approximate surface area is 92.9 Å². The van der Waals surface area contributed by atoms with Crippen LogP contribution in [0, 0.1) is 0 Å². The zero-order chi connectivity index (χ0) is 10.7. The first-order valence-electron chi connectivity index (χ1n) is 6.10. The molecule has 1 aromatic carbocycles. The second-order valence-corrected chi connectivity index (χ2v) is 4.77. The molecule has 0 saturated heterocycles. The van der Waals surface area contributed by atoms with Gasteiger partial charge in [0.25, 0.3) is 0 Å². The van der Waals surface area contributed by atoms with Gasteiger partial charge >= 0.3 is 0 Å². The van der Waals surface area contributed by atoms with Crippen molar-refractivity contribution in [3.63, 3.8) is 0 Å². The number of benzene rings is 1. The quantitative estimate of drug-likeness (QED) is 0.739. The molecule has 0 unspecified atom stereocenters. The average Bonchev–Trinajstić information content (AvgIpc) is 2.17. The summed E-state index contributed by atoms with van der Waals surface area (Å²) in [6.45, 7) is 6.80. The Bertz CT molecular complexity index is 328. The van der Waals surface area contributed by atoms with Gasteiger partial charge in [0.2, 0.25) is 0 Å². The zero-order valence-electron chi connectivity index (χ0n) is 9.84. The van der Waals surface area contributed by atoms with Gasteiger partial charge in [-0.3, -0.25) is 0 Å². The van der Waals surface area contributed by atoms with Crippen molar-refractivity contribution in [3.8, 4) is 0 Å². The topological polar surface area (TPSA) is 12.0 Å². The minimum Gasteiger partial charge on any atom is -0.313 e. The normalized spacial score (nSPS) is 17.0. The summed E-state index contributed by atoms with van der Waals surface area (Å²) in [6, 6.07) is 6.80. The first-order chi connectivity index (χ1) is 7.29. The highest BCUT2D eigenvalue weighted by molar-refractivity contribution is 5.37. The molecule has 0 bridgehead atoms. The SMILES string of the molecule is CC(C)c1cccc2c1CNCCCC2. The van der Waals surface area contributed by atoms with E-state index >= 15 is 0 Å². The summed E-state index contributed by atoms with van der Waals surface area (Å²) in [4.78, 5) is 0. The van der Waals surface area contributed by atoms with Crippen LogP contribution < -0.4 is 5.32 Å². The fraction of sp³-hybridized carbons (Fsp3) is 0.571. The summed E-state index contributed by atoms with van der Waals surface area (Å²) >= 11 is 0. The molecule has 1 nitrogen and oxygen atoms in total. The van der Waals surface area contributed by atoms with E-state index in [1.807, 2.05) is 0 Å². The molecule has 2 rings (SSSR count). The van der Waals surface area contributed by atoms with Crippen molar-refractivity contribution in [1.82, 2.24) is 5.32 Å². The standard InChI is InChI=1S/C14H21N/c1-11(2)13-8-5-7-12-6-3-4-9-15-10-14(12)13/h5,7-8,11,15H,3-4,6,9-10H2,1-2H3. The maximum Gasteiger partial charge on any atom is 0.0211 e. The number of hydrogen-bond donors (Lipinski definition) is 1. The van der Waals surface area contributed by atoms with Gasteiger partial charge in [0.15, 0.2) is 0 Å². The van der Waals surface area contributed by atoms with E-state index in [1.54, 1.807) is 11.1 Å². The predicted octanol–water partition coefficient (Wildman–Crippen LogP) is 3.24. The lowest BCUT2D eigenvalue weighted by molar-refractivity contribution is 0.592. The summed E-state index contributed by atoms with van der Waals surface area (Å²) in [6.07, 6.45) is 3.89. The highest BCUT2D eigenvalue weighted by Crippen LogP contribution is 2.24. The van der Waals surface area contributed by atoms with E-state index in [2.05, 4.69) is 37.4 Å². The molecule has 0 amide bonds. The molecule has 0 saturated carbocycles. The monoisotopic (exact) mass is 203 g/mol. The number of rotatable bonds is 1.